The summed E-state index contributed by atoms with van der Waals surface area (Å²) in [5.74, 6) is 1.06. The first-order valence-electron chi connectivity index (χ1n) is 5.32. The molecule has 1 atom stereocenters. The molecule has 2 heterocycles. The van der Waals surface area contributed by atoms with Crippen LogP contribution in [0.5, 0.6) is 0 Å². The molecule has 1 aliphatic rings. The van der Waals surface area contributed by atoms with Crippen LogP contribution in [0.3, 0.4) is 0 Å². The fraction of sp³-hybridized carbons (Fsp3) is 0.800. The van der Waals surface area contributed by atoms with E-state index < -0.39 is 0 Å². The summed E-state index contributed by atoms with van der Waals surface area (Å²) in [6.07, 6.45) is 6.79. The first-order chi connectivity index (χ1) is 6.72. The Bertz CT molecular complexity index is 297. The van der Waals surface area contributed by atoms with Crippen LogP contribution in [0.1, 0.15) is 38.4 Å². The van der Waals surface area contributed by atoms with E-state index in [1.165, 1.54) is 19.3 Å². The molecule has 0 aromatic carbocycles. The molecule has 0 bridgehead atoms. The van der Waals surface area contributed by atoms with Gasteiger partial charge in [-0.2, -0.15) is 0 Å². The molecule has 1 unspecified atom stereocenters. The Kier molecular flexibility index (Phi) is 2.54. The Hall–Kier alpha value is -0.900. The van der Waals surface area contributed by atoms with Gasteiger partial charge in [-0.3, -0.25) is 0 Å². The molecule has 0 radical (unpaired) electrons. The molecule has 1 aromatic rings. The van der Waals surface area contributed by atoms with Crippen molar-refractivity contribution in [2.75, 3.05) is 6.54 Å². The van der Waals surface area contributed by atoms with Gasteiger partial charge in [-0.25, -0.2) is 0 Å². The fourth-order valence-corrected chi connectivity index (χ4v) is 2.21. The third-order valence-electron chi connectivity index (χ3n) is 3.07. The number of hydrogen-bond acceptors (Lipinski definition) is 3. The summed E-state index contributed by atoms with van der Waals surface area (Å²) in [6, 6.07) is 0. The van der Waals surface area contributed by atoms with E-state index in [0.29, 0.717) is 0 Å². The number of aromatic nitrogens is 3. The van der Waals surface area contributed by atoms with Crippen LogP contribution in [0.25, 0.3) is 0 Å². The Morgan fingerprint density at radius 3 is 3.00 bits per heavy atom. The van der Waals surface area contributed by atoms with Crippen LogP contribution in [0.4, 0.5) is 0 Å². The zero-order valence-corrected chi connectivity index (χ0v) is 8.95. The molecule has 0 spiro atoms. The van der Waals surface area contributed by atoms with Crippen molar-refractivity contribution < 1.29 is 0 Å². The van der Waals surface area contributed by atoms with E-state index in [1.54, 1.807) is 6.33 Å². The van der Waals surface area contributed by atoms with Crippen LogP contribution in [0.15, 0.2) is 6.33 Å². The van der Waals surface area contributed by atoms with Gasteiger partial charge in [-0.15, -0.1) is 10.2 Å². The highest BCUT2D eigenvalue weighted by Crippen LogP contribution is 2.27. The van der Waals surface area contributed by atoms with Crippen LogP contribution < -0.4 is 5.32 Å². The minimum Gasteiger partial charge on any atom is -0.319 e. The summed E-state index contributed by atoms with van der Waals surface area (Å²) in [5, 5.41) is 11.7. The van der Waals surface area contributed by atoms with E-state index in [9.17, 15) is 0 Å². The molecule has 2 rings (SSSR count). The molecule has 1 aliphatic heterocycles. The van der Waals surface area contributed by atoms with Crippen molar-refractivity contribution in [1.82, 2.24) is 20.1 Å². The Morgan fingerprint density at radius 2 is 2.29 bits per heavy atom. The molecule has 0 saturated carbocycles. The van der Waals surface area contributed by atoms with Crippen LogP contribution in [-0.2, 0) is 12.6 Å². The van der Waals surface area contributed by atoms with E-state index in [-0.39, 0.29) is 5.54 Å². The second-order valence-corrected chi connectivity index (χ2v) is 4.33. The van der Waals surface area contributed by atoms with Crippen LogP contribution in [-0.4, -0.2) is 21.3 Å². The first-order valence-corrected chi connectivity index (χ1v) is 5.32. The molecule has 4 heteroatoms. The third kappa shape index (κ3) is 1.66. The largest absolute Gasteiger partial charge is 0.319 e. The maximum absolute atomic E-state index is 4.20. The number of aryl methyl sites for hydroxylation is 1. The average Bonchev–Trinajstić information content (AvgIpc) is 2.46. The van der Waals surface area contributed by atoms with Gasteiger partial charge in [-0.1, -0.05) is 12.8 Å². The van der Waals surface area contributed by atoms with Crippen molar-refractivity contribution in [1.29, 1.82) is 0 Å². The monoisotopic (exact) mass is 194 g/mol. The first kappa shape index (κ1) is 9.65. The molecular weight excluding hydrogens is 176 g/mol. The van der Waals surface area contributed by atoms with Crippen molar-refractivity contribution in [3.8, 4) is 0 Å². The zero-order valence-electron chi connectivity index (χ0n) is 8.95. The Balaban J connectivity index is 2.25. The van der Waals surface area contributed by atoms with Crippen molar-refractivity contribution in [2.45, 2.75) is 38.1 Å². The van der Waals surface area contributed by atoms with Gasteiger partial charge in [0.1, 0.15) is 6.33 Å². The summed E-state index contributed by atoms with van der Waals surface area (Å²) in [6.45, 7) is 3.31. The van der Waals surface area contributed by atoms with Crippen LogP contribution in [0, 0.1) is 0 Å². The highest BCUT2D eigenvalue weighted by Gasteiger charge is 2.31. The highest BCUT2D eigenvalue weighted by molar-refractivity contribution is 5.04. The maximum atomic E-state index is 4.20. The molecule has 1 N–H and O–H groups in total. The second kappa shape index (κ2) is 3.69. The summed E-state index contributed by atoms with van der Waals surface area (Å²) in [4.78, 5) is 0. The summed E-state index contributed by atoms with van der Waals surface area (Å²) >= 11 is 0. The van der Waals surface area contributed by atoms with Crippen molar-refractivity contribution in [2.24, 2.45) is 7.05 Å². The van der Waals surface area contributed by atoms with Gasteiger partial charge in [-0.05, 0) is 26.3 Å². The van der Waals surface area contributed by atoms with E-state index >= 15 is 0 Å². The SMILES string of the molecule is Cn1cnnc1C1(C)CCCCCN1. The van der Waals surface area contributed by atoms with Gasteiger partial charge in [0.25, 0.3) is 0 Å². The van der Waals surface area contributed by atoms with Gasteiger partial charge >= 0.3 is 0 Å². The second-order valence-electron chi connectivity index (χ2n) is 4.33. The van der Waals surface area contributed by atoms with E-state index in [2.05, 4.69) is 22.4 Å². The van der Waals surface area contributed by atoms with Gasteiger partial charge in [0, 0.05) is 7.05 Å². The maximum Gasteiger partial charge on any atom is 0.152 e. The average molecular weight is 194 g/mol. The molecule has 0 aliphatic carbocycles. The Morgan fingerprint density at radius 1 is 1.43 bits per heavy atom. The summed E-state index contributed by atoms with van der Waals surface area (Å²) in [7, 11) is 2.01. The summed E-state index contributed by atoms with van der Waals surface area (Å²) < 4.78 is 2.01. The highest BCUT2D eigenvalue weighted by atomic mass is 15.3. The zero-order chi connectivity index (χ0) is 10.0. The number of rotatable bonds is 1. The van der Waals surface area contributed by atoms with Gasteiger partial charge in [0.15, 0.2) is 5.82 Å². The fourth-order valence-electron chi connectivity index (χ4n) is 2.21. The number of hydrogen-bond donors (Lipinski definition) is 1. The number of nitrogens with zero attached hydrogens (tertiary/aromatic N) is 3. The number of nitrogens with one attached hydrogen (secondary N) is 1. The quantitative estimate of drug-likeness (QED) is 0.730. The van der Waals surface area contributed by atoms with Crippen molar-refractivity contribution in [3.05, 3.63) is 12.2 Å². The van der Waals surface area contributed by atoms with Crippen molar-refractivity contribution in [3.63, 3.8) is 0 Å². The van der Waals surface area contributed by atoms with E-state index in [4.69, 9.17) is 0 Å². The van der Waals surface area contributed by atoms with E-state index in [1.807, 2.05) is 11.6 Å². The van der Waals surface area contributed by atoms with Crippen molar-refractivity contribution >= 4 is 0 Å². The predicted octanol–water partition coefficient (Wildman–Crippen LogP) is 1.19. The standard InChI is InChI=1S/C10H18N4/c1-10(6-4-3-5-7-11-10)9-13-12-8-14(9)2/h8,11H,3-7H2,1-2H3. The molecule has 4 nitrogen and oxygen atoms in total. The molecule has 1 fully saturated rings. The minimum absolute atomic E-state index is 0.0156. The van der Waals surface area contributed by atoms with Gasteiger partial charge < -0.3 is 9.88 Å². The molecule has 1 saturated heterocycles. The molecule has 14 heavy (non-hydrogen) atoms. The van der Waals surface area contributed by atoms with E-state index in [0.717, 1.165) is 18.8 Å². The van der Waals surface area contributed by atoms with Gasteiger partial charge in [0.2, 0.25) is 0 Å². The van der Waals surface area contributed by atoms with Crippen LogP contribution >= 0.6 is 0 Å². The molecule has 0 amide bonds. The Labute approximate surface area is 84.7 Å². The minimum atomic E-state index is 0.0156. The molecule has 78 valence electrons. The predicted molar refractivity (Wildman–Crippen MR) is 54.8 cm³/mol. The smallest absolute Gasteiger partial charge is 0.152 e. The van der Waals surface area contributed by atoms with Gasteiger partial charge in [0.05, 0.1) is 5.54 Å². The lowest BCUT2D eigenvalue weighted by Crippen LogP contribution is -2.41. The lowest BCUT2D eigenvalue weighted by molar-refractivity contribution is 0.329. The van der Waals surface area contributed by atoms with Crippen LogP contribution in [0.2, 0.25) is 0 Å². The molecular formula is C10H18N4. The third-order valence-corrected chi connectivity index (χ3v) is 3.07. The topological polar surface area (TPSA) is 42.7 Å². The lowest BCUT2D eigenvalue weighted by Gasteiger charge is -2.27. The lowest BCUT2D eigenvalue weighted by atomic mass is 9.95. The molecule has 1 aromatic heterocycles. The summed E-state index contributed by atoms with van der Waals surface area (Å²) in [5.41, 5.74) is 0.0156. The normalized spacial score (nSPS) is 28.7.